The zero-order valence-electron chi connectivity index (χ0n) is 13.7. The first-order valence-corrected chi connectivity index (χ1v) is 8.36. The molecule has 0 saturated carbocycles. The van der Waals surface area contributed by atoms with Crippen LogP contribution in [0, 0.1) is 0 Å². The number of aliphatic hydroxyl groups is 2. The van der Waals surface area contributed by atoms with E-state index < -0.39 is 12.2 Å². The van der Waals surface area contributed by atoms with Gasteiger partial charge in [-0.3, -0.25) is 4.79 Å². The van der Waals surface area contributed by atoms with Gasteiger partial charge >= 0.3 is 0 Å². The average Bonchev–Trinajstić information content (AvgIpc) is 2.98. The van der Waals surface area contributed by atoms with Crippen LogP contribution in [-0.2, 0) is 0 Å². The van der Waals surface area contributed by atoms with Gasteiger partial charge in [0.2, 0.25) is 0 Å². The maximum absolute atomic E-state index is 12.4. The number of benzene rings is 2. The number of fused-ring (bicyclic) bond motifs is 1. The highest BCUT2D eigenvalue weighted by Gasteiger charge is 2.12. The van der Waals surface area contributed by atoms with E-state index >= 15 is 0 Å². The van der Waals surface area contributed by atoms with E-state index in [2.05, 4.69) is 10.3 Å². The van der Waals surface area contributed by atoms with Crippen LogP contribution in [0.25, 0.3) is 10.9 Å². The van der Waals surface area contributed by atoms with E-state index in [4.69, 9.17) is 11.6 Å². The number of rotatable bonds is 5. The van der Waals surface area contributed by atoms with Crippen molar-refractivity contribution in [3.63, 3.8) is 0 Å². The molecule has 0 fully saturated rings. The minimum Gasteiger partial charge on any atom is -0.393 e. The van der Waals surface area contributed by atoms with Crippen LogP contribution in [0.4, 0.5) is 5.69 Å². The highest BCUT2D eigenvalue weighted by Crippen LogP contribution is 2.22. The lowest BCUT2D eigenvalue weighted by atomic mass is 10.0. The summed E-state index contributed by atoms with van der Waals surface area (Å²) in [6.07, 6.45) is -1.04. The molecule has 2 aromatic carbocycles. The third-order valence-corrected chi connectivity index (χ3v) is 4.18. The lowest BCUT2D eigenvalue weighted by molar-refractivity contribution is 0.0907. The zero-order valence-corrected chi connectivity index (χ0v) is 14.4. The van der Waals surface area contributed by atoms with Crippen molar-refractivity contribution < 1.29 is 15.0 Å². The Morgan fingerprint density at radius 3 is 2.56 bits per heavy atom. The summed E-state index contributed by atoms with van der Waals surface area (Å²) in [5, 5.41) is 23.6. The van der Waals surface area contributed by atoms with Gasteiger partial charge in [0, 0.05) is 28.0 Å². The first kappa shape index (κ1) is 17.5. The maximum atomic E-state index is 12.4. The largest absolute Gasteiger partial charge is 0.393 e. The fourth-order valence-electron chi connectivity index (χ4n) is 2.67. The van der Waals surface area contributed by atoms with Crippen LogP contribution in [0.15, 0.2) is 48.5 Å². The van der Waals surface area contributed by atoms with Gasteiger partial charge in [-0.1, -0.05) is 23.7 Å². The SMILES string of the molecule is CC(O)CC(O)c1ccc(NC(=O)c2cc3cc(Cl)ccc3[nH]2)cc1. The second kappa shape index (κ2) is 7.27. The number of hydrogen-bond donors (Lipinski definition) is 4. The fraction of sp³-hybridized carbons (Fsp3) is 0.211. The molecule has 25 heavy (non-hydrogen) atoms. The molecule has 2 atom stereocenters. The van der Waals surface area contributed by atoms with Crippen molar-refractivity contribution in [1.82, 2.24) is 4.98 Å². The van der Waals surface area contributed by atoms with Crippen molar-refractivity contribution in [2.45, 2.75) is 25.6 Å². The monoisotopic (exact) mass is 358 g/mol. The normalized spacial score (nSPS) is 13.6. The van der Waals surface area contributed by atoms with E-state index in [0.29, 0.717) is 22.0 Å². The number of aliphatic hydroxyl groups excluding tert-OH is 2. The number of anilines is 1. The van der Waals surface area contributed by atoms with Crippen LogP contribution in [0.5, 0.6) is 0 Å². The van der Waals surface area contributed by atoms with Gasteiger partial charge in [0.1, 0.15) is 5.69 Å². The van der Waals surface area contributed by atoms with Crippen LogP contribution in [0.1, 0.15) is 35.5 Å². The number of halogens is 1. The van der Waals surface area contributed by atoms with E-state index in [0.717, 1.165) is 10.9 Å². The summed E-state index contributed by atoms with van der Waals surface area (Å²) >= 11 is 5.96. The van der Waals surface area contributed by atoms with Gasteiger partial charge in [-0.2, -0.15) is 0 Å². The molecule has 0 aliphatic rings. The summed E-state index contributed by atoms with van der Waals surface area (Å²) < 4.78 is 0. The number of carbonyl (C=O) groups is 1. The highest BCUT2D eigenvalue weighted by atomic mass is 35.5. The Kier molecular flexibility index (Phi) is 5.08. The quantitative estimate of drug-likeness (QED) is 0.558. The van der Waals surface area contributed by atoms with Crippen LogP contribution in [0.2, 0.25) is 5.02 Å². The van der Waals surface area contributed by atoms with Crippen LogP contribution in [0.3, 0.4) is 0 Å². The summed E-state index contributed by atoms with van der Waals surface area (Å²) in [6.45, 7) is 1.63. The van der Waals surface area contributed by atoms with Crippen molar-refractivity contribution >= 4 is 34.1 Å². The molecule has 1 aromatic heterocycles. The molecular formula is C19H19ClN2O3. The number of aromatic nitrogens is 1. The van der Waals surface area contributed by atoms with Gasteiger partial charge < -0.3 is 20.5 Å². The Labute approximate surface area is 150 Å². The molecule has 5 nitrogen and oxygen atoms in total. The second-order valence-electron chi connectivity index (χ2n) is 6.09. The van der Waals surface area contributed by atoms with Crippen molar-refractivity contribution in [3.05, 3.63) is 64.8 Å². The fourth-order valence-corrected chi connectivity index (χ4v) is 2.85. The van der Waals surface area contributed by atoms with Gasteiger partial charge in [0.05, 0.1) is 12.2 Å². The van der Waals surface area contributed by atoms with Crippen molar-refractivity contribution in [2.24, 2.45) is 0 Å². The smallest absolute Gasteiger partial charge is 0.272 e. The van der Waals surface area contributed by atoms with Gasteiger partial charge in [-0.05, 0) is 48.9 Å². The summed E-state index contributed by atoms with van der Waals surface area (Å²) in [6, 6.07) is 14.0. The standard InChI is InChI=1S/C19H19ClN2O3/c1-11(23)8-18(24)12-2-5-15(6-3-12)21-19(25)17-10-13-9-14(20)4-7-16(13)22-17/h2-7,9-11,18,22-24H,8H2,1H3,(H,21,25). The summed E-state index contributed by atoms with van der Waals surface area (Å²) in [5.41, 5.74) is 2.59. The van der Waals surface area contributed by atoms with E-state index in [1.54, 1.807) is 49.4 Å². The molecule has 3 rings (SSSR count). The van der Waals surface area contributed by atoms with Crippen LogP contribution < -0.4 is 5.32 Å². The van der Waals surface area contributed by atoms with E-state index in [1.807, 2.05) is 6.07 Å². The first-order valence-electron chi connectivity index (χ1n) is 7.98. The first-order chi connectivity index (χ1) is 11.9. The molecule has 2 unspecified atom stereocenters. The van der Waals surface area contributed by atoms with Crippen molar-refractivity contribution in [3.8, 4) is 0 Å². The molecule has 1 amide bonds. The molecule has 0 spiro atoms. The summed E-state index contributed by atoms with van der Waals surface area (Å²) in [5.74, 6) is -0.260. The molecular weight excluding hydrogens is 340 g/mol. The Balaban J connectivity index is 1.71. The summed E-state index contributed by atoms with van der Waals surface area (Å²) in [7, 11) is 0. The minimum atomic E-state index is -0.733. The van der Waals surface area contributed by atoms with Gasteiger partial charge in [0.15, 0.2) is 0 Å². The van der Waals surface area contributed by atoms with Crippen molar-refractivity contribution in [2.75, 3.05) is 5.32 Å². The minimum absolute atomic E-state index is 0.260. The van der Waals surface area contributed by atoms with Gasteiger partial charge in [-0.25, -0.2) is 0 Å². The molecule has 1 heterocycles. The number of hydrogen-bond acceptors (Lipinski definition) is 3. The third-order valence-electron chi connectivity index (χ3n) is 3.95. The topological polar surface area (TPSA) is 85.3 Å². The lowest BCUT2D eigenvalue weighted by Crippen LogP contribution is -2.12. The Hall–Kier alpha value is -2.34. The lowest BCUT2D eigenvalue weighted by Gasteiger charge is -2.13. The number of amides is 1. The number of nitrogens with one attached hydrogen (secondary N) is 2. The highest BCUT2D eigenvalue weighted by molar-refractivity contribution is 6.31. The molecule has 0 aliphatic carbocycles. The number of H-pyrrole nitrogens is 1. The van der Waals surface area contributed by atoms with Gasteiger partial charge in [-0.15, -0.1) is 0 Å². The molecule has 0 bridgehead atoms. The summed E-state index contributed by atoms with van der Waals surface area (Å²) in [4.78, 5) is 15.4. The van der Waals surface area contributed by atoms with Crippen LogP contribution >= 0.6 is 11.6 Å². The molecule has 3 aromatic rings. The van der Waals surface area contributed by atoms with Gasteiger partial charge in [0.25, 0.3) is 5.91 Å². The molecule has 0 aliphatic heterocycles. The molecule has 4 N–H and O–H groups in total. The molecule has 6 heteroatoms. The van der Waals surface area contributed by atoms with E-state index in [-0.39, 0.29) is 12.3 Å². The van der Waals surface area contributed by atoms with Crippen LogP contribution in [-0.4, -0.2) is 27.2 Å². The second-order valence-corrected chi connectivity index (χ2v) is 6.53. The molecule has 0 saturated heterocycles. The number of carbonyl (C=O) groups excluding carboxylic acids is 1. The number of aromatic amines is 1. The zero-order chi connectivity index (χ0) is 18.0. The Morgan fingerprint density at radius 2 is 1.88 bits per heavy atom. The maximum Gasteiger partial charge on any atom is 0.272 e. The molecule has 130 valence electrons. The Bertz CT molecular complexity index is 887. The predicted molar refractivity (Wildman–Crippen MR) is 99.0 cm³/mol. The average molecular weight is 359 g/mol. The molecule has 0 radical (unpaired) electrons. The Morgan fingerprint density at radius 1 is 1.16 bits per heavy atom. The third kappa shape index (κ3) is 4.20. The van der Waals surface area contributed by atoms with Crippen molar-refractivity contribution in [1.29, 1.82) is 0 Å². The predicted octanol–water partition coefficient (Wildman–Crippen LogP) is 3.88. The van der Waals surface area contributed by atoms with E-state index in [1.165, 1.54) is 0 Å². The van der Waals surface area contributed by atoms with E-state index in [9.17, 15) is 15.0 Å².